The number of imidazole rings is 1. The summed E-state index contributed by atoms with van der Waals surface area (Å²) in [5, 5.41) is 0. The zero-order chi connectivity index (χ0) is 13.2. The van der Waals surface area contributed by atoms with Crippen LogP contribution < -0.4 is 5.69 Å². The Labute approximate surface area is 110 Å². The number of benzene rings is 1. The number of aromatic nitrogens is 3. The zero-order valence-corrected chi connectivity index (χ0v) is 10.8. The van der Waals surface area contributed by atoms with Gasteiger partial charge < -0.3 is 0 Å². The smallest absolute Gasteiger partial charge is 0.292 e. The van der Waals surface area contributed by atoms with Gasteiger partial charge in [0.15, 0.2) is 0 Å². The molecule has 0 radical (unpaired) electrons. The first kappa shape index (κ1) is 11.7. The molecule has 0 aliphatic carbocycles. The standard InChI is InChI=1S/C15H15N3O/c1-2-17-13-8-3-4-9-14(13)18(15(17)19)11-12-7-5-6-10-16-12/h3-10H,2,11H2,1H3. The molecule has 3 aromatic rings. The highest BCUT2D eigenvalue weighted by Gasteiger charge is 2.11. The molecular weight excluding hydrogens is 238 g/mol. The number of pyridine rings is 1. The van der Waals surface area contributed by atoms with Gasteiger partial charge in [-0.3, -0.25) is 14.1 Å². The summed E-state index contributed by atoms with van der Waals surface area (Å²) in [4.78, 5) is 16.7. The number of hydrogen-bond acceptors (Lipinski definition) is 2. The largest absolute Gasteiger partial charge is 0.329 e. The van der Waals surface area contributed by atoms with Crippen LogP contribution in [0.15, 0.2) is 53.5 Å². The average molecular weight is 253 g/mol. The summed E-state index contributed by atoms with van der Waals surface area (Å²) in [6, 6.07) is 13.6. The zero-order valence-electron chi connectivity index (χ0n) is 10.8. The van der Waals surface area contributed by atoms with E-state index in [-0.39, 0.29) is 5.69 Å². The summed E-state index contributed by atoms with van der Waals surface area (Å²) in [6.07, 6.45) is 1.75. The van der Waals surface area contributed by atoms with E-state index in [9.17, 15) is 4.79 Å². The van der Waals surface area contributed by atoms with Crippen molar-refractivity contribution in [3.8, 4) is 0 Å². The van der Waals surface area contributed by atoms with Gasteiger partial charge in [0, 0.05) is 12.7 Å². The molecule has 0 unspecified atom stereocenters. The Morgan fingerprint density at radius 3 is 2.32 bits per heavy atom. The SMILES string of the molecule is CCn1c(=O)n(Cc2ccccn2)c2ccccc21. The molecule has 4 nitrogen and oxygen atoms in total. The molecule has 0 saturated carbocycles. The van der Waals surface area contributed by atoms with Crippen molar-refractivity contribution in [3.63, 3.8) is 0 Å². The van der Waals surface area contributed by atoms with Crippen LogP contribution in [0.1, 0.15) is 12.6 Å². The summed E-state index contributed by atoms with van der Waals surface area (Å²) >= 11 is 0. The maximum absolute atomic E-state index is 12.4. The molecule has 0 aliphatic heterocycles. The predicted molar refractivity (Wildman–Crippen MR) is 75.2 cm³/mol. The number of aryl methyl sites for hydroxylation is 1. The highest BCUT2D eigenvalue weighted by atomic mass is 16.1. The van der Waals surface area contributed by atoms with Gasteiger partial charge in [0.25, 0.3) is 0 Å². The molecule has 19 heavy (non-hydrogen) atoms. The number of rotatable bonds is 3. The van der Waals surface area contributed by atoms with Gasteiger partial charge in [0.1, 0.15) is 0 Å². The second-order valence-electron chi connectivity index (χ2n) is 4.42. The maximum Gasteiger partial charge on any atom is 0.329 e. The lowest BCUT2D eigenvalue weighted by Crippen LogP contribution is -2.24. The summed E-state index contributed by atoms with van der Waals surface area (Å²) < 4.78 is 3.57. The quantitative estimate of drug-likeness (QED) is 0.718. The Morgan fingerprint density at radius 1 is 1.00 bits per heavy atom. The van der Waals surface area contributed by atoms with Crippen molar-refractivity contribution in [1.82, 2.24) is 14.1 Å². The maximum atomic E-state index is 12.4. The van der Waals surface area contributed by atoms with Crippen molar-refractivity contribution in [1.29, 1.82) is 0 Å². The first-order chi connectivity index (χ1) is 9.31. The van der Waals surface area contributed by atoms with Crippen molar-refractivity contribution in [3.05, 3.63) is 64.8 Å². The van der Waals surface area contributed by atoms with Crippen LogP contribution >= 0.6 is 0 Å². The van der Waals surface area contributed by atoms with E-state index in [1.54, 1.807) is 15.3 Å². The van der Waals surface area contributed by atoms with Crippen LogP contribution in [-0.2, 0) is 13.1 Å². The molecule has 2 heterocycles. The number of hydrogen-bond donors (Lipinski definition) is 0. The molecule has 96 valence electrons. The van der Waals surface area contributed by atoms with Gasteiger partial charge in [-0.1, -0.05) is 18.2 Å². The van der Waals surface area contributed by atoms with Crippen LogP contribution in [0.4, 0.5) is 0 Å². The van der Waals surface area contributed by atoms with Crippen molar-refractivity contribution < 1.29 is 0 Å². The summed E-state index contributed by atoms with van der Waals surface area (Å²) in [5.74, 6) is 0. The summed E-state index contributed by atoms with van der Waals surface area (Å²) in [5.41, 5.74) is 2.85. The van der Waals surface area contributed by atoms with Crippen LogP contribution in [0.2, 0.25) is 0 Å². The van der Waals surface area contributed by atoms with Crippen LogP contribution in [0.3, 0.4) is 0 Å². The molecule has 0 spiro atoms. The fraction of sp³-hybridized carbons (Fsp3) is 0.200. The molecule has 0 bridgehead atoms. The molecule has 0 aliphatic rings. The van der Waals surface area contributed by atoms with Gasteiger partial charge >= 0.3 is 5.69 Å². The number of nitrogens with zero attached hydrogens (tertiary/aromatic N) is 3. The summed E-state index contributed by atoms with van der Waals surface area (Å²) in [7, 11) is 0. The fourth-order valence-electron chi connectivity index (χ4n) is 2.38. The third kappa shape index (κ3) is 1.95. The molecule has 0 fully saturated rings. The lowest BCUT2D eigenvalue weighted by atomic mass is 10.3. The average Bonchev–Trinajstić information content (AvgIpc) is 2.73. The minimum absolute atomic E-state index is 0.0225. The molecule has 0 N–H and O–H groups in total. The molecule has 0 amide bonds. The molecule has 1 aromatic carbocycles. The lowest BCUT2D eigenvalue weighted by Gasteiger charge is -2.02. The van der Waals surface area contributed by atoms with E-state index >= 15 is 0 Å². The molecule has 0 saturated heterocycles. The van der Waals surface area contributed by atoms with E-state index < -0.39 is 0 Å². The third-order valence-corrected chi connectivity index (χ3v) is 3.29. The van der Waals surface area contributed by atoms with Crippen molar-refractivity contribution in [2.24, 2.45) is 0 Å². The Morgan fingerprint density at radius 2 is 1.68 bits per heavy atom. The van der Waals surface area contributed by atoms with Gasteiger partial charge in [0.05, 0.1) is 23.3 Å². The lowest BCUT2D eigenvalue weighted by molar-refractivity contribution is 0.677. The van der Waals surface area contributed by atoms with Gasteiger partial charge in [-0.15, -0.1) is 0 Å². The van der Waals surface area contributed by atoms with E-state index in [1.165, 1.54) is 0 Å². The van der Waals surface area contributed by atoms with E-state index in [0.29, 0.717) is 13.1 Å². The topological polar surface area (TPSA) is 39.8 Å². The van der Waals surface area contributed by atoms with Crippen LogP contribution in [-0.4, -0.2) is 14.1 Å². The minimum atomic E-state index is 0.0225. The molecule has 2 aromatic heterocycles. The molecule has 3 rings (SSSR count). The Kier molecular flexibility index (Phi) is 2.91. The normalized spacial score (nSPS) is 11.0. The van der Waals surface area contributed by atoms with E-state index in [1.807, 2.05) is 49.4 Å². The van der Waals surface area contributed by atoms with Crippen LogP contribution in [0, 0.1) is 0 Å². The highest BCUT2D eigenvalue weighted by Crippen LogP contribution is 2.13. The molecule has 4 heteroatoms. The van der Waals surface area contributed by atoms with Gasteiger partial charge in [0.2, 0.25) is 0 Å². The van der Waals surface area contributed by atoms with E-state index in [4.69, 9.17) is 0 Å². The van der Waals surface area contributed by atoms with Gasteiger partial charge in [-0.2, -0.15) is 0 Å². The number of para-hydroxylation sites is 2. The van der Waals surface area contributed by atoms with Gasteiger partial charge in [-0.25, -0.2) is 4.79 Å². The predicted octanol–water partition coefficient (Wildman–Crippen LogP) is 2.27. The highest BCUT2D eigenvalue weighted by molar-refractivity contribution is 5.76. The second-order valence-corrected chi connectivity index (χ2v) is 4.42. The van der Waals surface area contributed by atoms with Crippen molar-refractivity contribution >= 4 is 11.0 Å². The Balaban J connectivity index is 2.19. The van der Waals surface area contributed by atoms with Crippen LogP contribution in [0.25, 0.3) is 11.0 Å². The second kappa shape index (κ2) is 4.72. The van der Waals surface area contributed by atoms with Crippen molar-refractivity contribution in [2.75, 3.05) is 0 Å². The van der Waals surface area contributed by atoms with Crippen LogP contribution in [0.5, 0.6) is 0 Å². The first-order valence-corrected chi connectivity index (χ1v) is 6.39. The number of fused-ring (bicyclic) bond motifs is 1. The first-order valence-electron chi connectivity index (χ1n) is 6.39. The monoisotopic (exact) mass is 253 g/mol. The summed E-state index contributed by atoms with van der Waals surface area (Å²) in [6.45, 7) is 3.17. The van der Waals surface area contributed by atoms with E-state index in [0.717, 1.165) is 16.7 Å². The molecular formula is C15H15N3O. The third-order valence-electron chi connectivity index (χ3n) is 3.29. The van der Waals surface area contributed by atoms with E-state index in [2.05, 4.69) is 4.98 Å². The fourth-order valence-corrected chi connectivity index (χ4v) is 2.38. The Hall–Kier alpha value is -2.36. The van der Waals surface area contributed by atoms with Gasteiger partial charge in [-0.05, 0) is 31.2 Å². The minimum Gasteiger partial charge on any atom is -0.292 e. The Bertz CT molecular complexity index is 756. The molecule has 0 atom stereocenters. The van der Waals surface area contributed by atoms with Crippen molar-refractivity contribution in [2.45, 2.75) is 20.0 Å².